The SMILES string of the molecule is [B+2]Cc1ccc(C(=O)OC)cc1.[OH-].[OH-]. The Balaban J connectivity index is 0. The van der Waals surface area contributed by atoms with Crippen LogP contribution in [0.4, 0.5) is 0 Å². The van der Waals surface area contributed by atoms with Gasteiger partial charge in [-0.2, -0.15) is 0 Å². The van der Waals surface area contributed by atoms with Gasteiger partial charge in [-0.25, -0.2) is 0 Å². The van der Waals surface area contributed by atoms with E-state index in [4.69, 9.17) is 7.85 Å². The summed E-state index contributed by atoms with van der Waals surface area (Å²) in [6, 6.07) is 7.03. The molecule has 0 aliphatic carbocycles. The first-order valence-electron chi connectivity index (χ1n) is 3.65. The summed E-state index contributed by atoms with van der Waals surface area (Å²) in [4.78, 5) is 11.0. The van der Waals surface area contributed by atoms with Crippen molar-refractivity contribution in [2.45, 2.75) is 6.32 Å². The third kappa shape index (κ3) is 3.59. The van der Waals surface area contributed by atoms with Gasteiger partial charge >= 0.3 is 72.2 Å². The molecule has 74 valence electrons. The Hall–Kier alpha value is -1.33. The topological polar surface area (TPSA) is 86.3 Å². The Morgan fingerprint density at radius 3 is 2.14 bits per heavy atom. The van der Waals surface area contributed by atoms with E-state index in [2.05, 4.69) is 4.74 Å². The van der Waals surface area contributed by atoms with E-state index in [1.807, 2.05) is 12.1 Å². The monoisotopic (exact) mass is 194 g/mol. The van der Waals surface area contributed by atoms with E-state index in [9.17, 15) is 4.79 Å². The number of hydrogen-bond acceptors (Lipinski definition) is 4. The summed E-state index contributed by atoms with van der Waals surface area (Å²) >= 11 is 0. The molecule has 0 saturated heterocycles. The van der Waals surface area contributed by atoms with Crippen LogP contribution in [0.5, 0.6) is 0 Å². The largest absolute Gasteiger partial charge is 0.870 e. The molecule has 0 aromatic heterocycles. The van der Waals surface area contributed by atoms with Crippen LogP contribution in [0.1, 0.15) is 15.9 Å². The molecule has 0 spiro atoms. The van der Waals surface area contributed by atoms with Crippen LogP contribution >= 0.6 is 0 Å². The molecule has 4 nitrogen and oxygen atoms in total. The summed E-state index contributed by atoms with van der Waals surface area (Å²) in [5.74, 6) is -0.321. The third-order valence-electron chi connectivity index (χ3n) is 1.61. The fourth-order valence-corrected chi connectivity index (χ4v) is 0.895. The average molecular weight is 194 g/mol. The van der Waals surface area contributed by atoms with Crippen LogP contribution in [-0.4, -0.2) is 31.9 Å². The fraction of sp³-hybridized carbons (Fsp3) is 0.222. The molecule has 14 heavy (non-hydrogen) atoms. The zero-order chi connectivity index (χ0) is 8.97. The Morgan fingerprint density at radius 2 is 1.79 bits per heavy atom. The maximum absolute atomic E-state index is 11.0. The first-order valence-corrected chi connectivity index (χ1v) is 3.65. The van der Waals surface area contributed by atoms with Gasteiger partial charge in [-0.1, -0.05) is 0 Å². The molecule has 1 aromatic carbocycles. The molecule has 0 unspecified atom stereocenters. The number of benzene rings is 1. The number of carbonyl (C=O) groups excluding carboxylic acids is 1. The minimum absolute atomic E-state index is 0. The second kappa shape index (κ2) is 7.11. The molecule has 0 saturated carbocycles. The van der Waals surface area contributed by atoms with Crippen molar-refractivity contribution in [3.05, 3.63) is 35.4 Å². The molecule has 0 bridgehead atoms. The van der Waals surface area contributed by atoms with Crippen molar-refractivity contribution in [1.82, 2.24) is 0 Å². The second-order valence-corrected chi connectivity index (χ2v) is 2.39. The first kappa shape index (κ1) is 15.2. The minimum atomic E-state index is -0.321. The quantitative estimate of drug-likeness (QED) is 0.514. The van der Waals surface area contributed by atoms with Gasteiger partial charge in [-0.05, 0) is 0 Å². The molecule has 0 amide bonds. The van der Waals surface area contributed by atoms with Gasteiger partial charge < -0.3 is 11.0 Å². The molecule has 0 heterocycles. The Morgan fingerprint density at radius 1 is 1.29 bits per heavy atom. The summed E-state index contributed by atoms with van der Waals surface area (Å²) in [6.07, 6.45) is 0.488. The maximum atomic E-state index is 11.0. The number of rotatable bonds is 2. The Labute approximate surface area is 83.9 Å². The van der Waals surface area contributed by atoms with Crippen LogP contribution in [-0.2, 0) is 11.1 Å². The Kier molecular flexibility index (Phi) is 7.70. The smallest absolute Gasteiger partial charge is 0.870 e. The van der Waals surface area contributed by atoms with Gasteiger partial charge in [0.25, 0.3) is 0 Å². The van der Waals surface area contributed by atoms with E-state index in [1.54, 1.807) is 12.1 Å². The fourth-order valence-electron chi connectivity index (χ4n) is 0.895. The molecular formula is C9H11BO4. The van der Waals surface area contributed by atoms with E-state index >= 15 is 0 Å². The van der Waals surface area contributed by atoms with Crippen molar-refractivity contribution in [3.8, 4) is 0 Å². The number of ether oxygens (including phenoxy) is 1. The molecular weight excluding hydrogens is 183 g/mol. The van der Waals surface area contributed by atoms with Crippen LogP contribution in [0.2, 0.25) is 0 Å². The third-order valence-corrected chi connectivity index (χ3v) is 1.61. The number of hydrogen-bond donors (Lipinski definition) is 0. The molecule has 0 atom stereocenters. The summed E-state index contributed by atoms with van der Waals surface area (Å²) in [5.41, 5.74) is 1.55. The summed E-state index contributed by atoms with van der Waals surface area (Å²) < 4.78 is 4.54. The van der Waals surface area contributed by atoms with Crippen LogP contribution in [0.25, 0.3) is 0 Å². The second-order valence-electron chi connectivity index (χ2n) is 2.39. The van der Waals surface area contributed by atoms with Crippen molar-refractivity contribution >= 4 is 13.8 Å². The van der Waals surface area contributed by atoms with Crippen molar-refractivity contribution in [2.75, 3.05) is 7.11 Å². The summed E-state index contributed by atoms with van der Waals surface area (Å²) in [6.45, 7) is 0. The zero-order valence-electron chi connectivity index (χ0n) is 7.80. The van der Waals surface area contributed by atoms with Crippen molar-refractivity contribution in [1.29, 1.82) is 0 Å². The molecule has 0 radical (unpaired) electrons. The van der Waals surface area contributed by atoms with Crippen LogP contribution < -0.4 is 0 Å². The number of methoxy groups -OCH3 is 1. The van der Waals surface area contributed by atoms with E-state index in [1.165, 1.54) is 7.11 Å². The summed E-state index contributed by atoms with van der Waals surface area (Å²) in [7, 11) is 6.75. The van der Waals surface area contributed by atoms with Gasteiger partial charge in [0.1, 0.15) is 0 Å². The predicted octanol–water partition coefficient (Wildman–Crippen LogP) is 0.788. The minimum Gasteiger partial charge on any atom is -0.870 e. The van der Waals surface area contributed by atoms with Gasteiger partial charge in [0.05, 0.1) is 0 Å². The summed E-state index contributed by atoms with van der Waals surface area (Å²) in [5, 5.41) is 0. The molecule has 1 aromatic rings. The van der Waals surface area contributed by atoms with E-state index in [-0.39, 0.29) is 16.9 Å². The normalized spacial score (nSPS) is 8.21. The van der Waals surface area contributed by atoms with Crippen molar-refractivity contribution in [2.24, 2.45) is 0 Å². The average Bonchev–Trinajstić information content (AvgIpc) is 2.17. The van der Waals surface area contributed by atoms with Gasteiger partial charge in [-0.15, -0.1) is 0 Å². The zero-order valence-corrected chi connectivity index (χ0v) is 7.80. The van der Waals surface area contributed by atoms with Crippen molar-refractivity contribution in [3.63, 3.8) is 0 Å². The van der Waals surface area contributed by atoms with Gasteiger partial charge in [0.2, 0.25) is 0 Å². The number of esters is 1. The van der Waals surface area contributed by atoms with Gasteiger partial charge in [-0.3, -0.25) is 0 Å². The van der Waals surface area contributed by atoms with Crippen LogP contribution in [0.3, 0.4) is 0 Å². The van der Waals surface area contributed by atoms with E-state index in [0.29, 0.717) is 11.9 Å². The van der Waals surface area contributed by atoms with E-state index < -0.39 is 0 Å². The number of carbonyl (C=O) groups is 1. The standard InChI is InChI=1S/C9H9BO2.2H2O/c1-12-9(11)8-4-2-7(6-10)3-5-8;;/h2-5H,6H2,1H3;2*1H2/q+2;;/p-2. The van der Waals surface area contributed by atoms with Crippen LogP contribution in [0, 0.1) is 0 Å². The van der Waals surface area contributed by atoms with Gasteiger partial charge in [0, 0.05) is 0 Å². The molecule has 2 N–H and O–H groups in total. The predicted molar refractivity (Wildman–Crippen MR) is 51.1 cm³/mol. The first-order chi connectivity index (χ1) is 5.77. The molecule has 0 aliphatic heterocycles. The molecule has 0 fully saturated rings. The molecule has 0 aliphatic rings. The Bertz CT molecular complexity index is 271. The molecule has 1 rings (SSSR count). The van der Waals surface area contributed by atoms with Crippen LogP contribution in [0.15, 0.2) is 24.3 Å². The van der Waals surface area contributed by atoms with Gasteiger partial charge in [0.15, 0.2) is 0 Å². The van der Waals surface area contributed by atoms with Crippen molar-refractivity contribution < 1.29 is 20.5 Å². The maximum Gasteiger partial charge on any atom is -0.870 e. The molecule has 5 heteroatoms. The van der Waals surface area contributed by atoms with E-state index in [0.717, 1.165) is 5.56 Å².